The maximum Gasteiger partial charge on any atom is 0.118 e. The number of fused-ring (bicyclic) bond motifs is 1. The Bertz CT molecular complexity index is 1060. The first-order valence-electron chi connectivity index (χ1n) is 10.5. The van der Waals surface area contributed by atoms with Gasteiger partial charge in [0.2, 0.25) is 0 Å². The molecular formula is C27H30O3. The van der Waals surface area contributed by atoms with Crippen molar-refractivity contribution in [2.75, 3.05) is 0 Å². The molecule has 0 radical (unpaired) electrons. The number of benzene rings is 3. The van der Waals surface area contributed by atoms with Crippen molar-refractivity contribution in [2.45, 2.75) is 58.3 Å². The van der Waals surface area contributed by atoms with Crippen LogP contribution < -0.4 is 0 Å². The van der Waals surface area contributed by atoms with E-state index in [4.69, 9.17) is 0 Å². The van der Waals surface area contributed by atoms with Gasteiger partial charge in [-0.2, -0.15) is 0 Å². The Morgan fingerprint density at radius 3 is 1.40 bits per heavy atom. The van der Waals surface area contributed by atoms with Gasteiger partial charge in [0.15, 0.2) is 0 Å². The van der Waals surface area contributed by atoms with Crippen molar-refractivity contribution >= 4 is 0 Å². The van der Waals surface area contributed by atoms with E-state index in [2.05, 4.69) is 32.0 Å². The minimum Gasteiger partial charge on any atom is -0.508 e. The molecule has 3 aromatic rings. The Balaban J connectivity index is 1.96. The molecule has 156 valence electrons. The van der Waals surface area contributed by atoms with Crippen molar-refractivity contribution in [3.63, 3.8) is 0 Å². The Labute approximate surface area is 178 Å². The van der Waals surface area contributed by atoms with Crippen LogP contribution in [0.5, 0.6) is 17.2 Å². The molecule has 0 unspecified atom stereocenters. The van der Waals surface area contributed by atoms with E-state index in [0.29, 0.717) is 17.2 Å². The Hall–Kier alpha value is -2.94. The van der Waals surface area contributed by atoms with E-state index in [0.717, 1.165) is 40.7 Å². The first kappa shape index (κ1) is 20.3. The summed E-state index contributed by atoms with van der Waals surface area (Å²) in [6.07, 6.45) is 1.84. The fourth-order valence-corrected chi connectivity index (χ4v) is 4.98. The molecule has 3 N–H and O–H groups in total. The van der Waals surface area contributed by atoms with E-state index >= 15 is 0 Å². The minimum absolute atomic E-state index is 0.224. The van der Waals surface area contributed by atoms with E-state index in [1.54, 1.807) is 12.1 Å². The fraction of sp³-hybridized carbons (Fsp3) is 0.333. The van der Waals surface area contributed by atoms with E-state index < -0.39 is 0 Å². The van der Waals surface area contributed by atoms with Gasteiger partial charge in [-0.1, -0.05) is 44.2 Å². The summed E-state index contributed by atoms with van der Waals surface area (Å²) in [6.45, 7) is 10.3. The largest absolute Gasteiger partial charge is 0.508 e. The molecule has 0 amide bonds. The third-order valence-electron chi connectivity index (χ3n) is 7.32. The lowest BCUT2D eigenvalue weighted by Gasteiger charge is -2.46. The zero-order valence-corrected chi connectivity index (χ0v) is 18.4. The molecule has 0 aromatic heterocycles. The van der Waals surface area contributed by atoms with E-state index in [1.807, 2.05) is 39.0 Å². The summed E-state index contributed by atoms with van der Waals surface area (Å²) < 4.78 is 0. The van der Waals surface area contributed by atoms with Crippen molar-refractivity contribution in [1.29, 1.82) is 0 Å². The average Bonchev–Trinajstić information content (AvgIpc) is 2.71. The first-order valence-corrected chi connectivity index (χ1v) is 10.5. The van der Waals surface area contributed by atoms with Gasteiger partial charge in [-0.05, 0) is 90.8 Å². The van der Waals surface area contributed by atoms with Gasteiger partial charge >= 0.3 is 0 Å². The minimum atomic E-state index is -0.273. The molecule has 2 atom stereocenters. The third-order valence-corrected chi connectivity index (χ3v) is 7.32. The summed E-state index contributed by atoms with van der Waals surface area (Å²) in [6, 6.07) is 15.7. The molecule has 3 heteroatoms. The number of rotatable bonds is 2. The molecule has 3 nitrogen and oxygen atoms in total. The Morgan fingerprint density at radius 2 is 0.967 bits per heavy atom. The molecule has 0 aliphatic heterocycles. The van der Waals surface area contributed by atoms with E-state index in [-0.39, 0.29) is 10.8 Å². The number of aryl methyl sites for hydroxylation is 3. The van der Waals surface area contributed by atoms with Crippen LogP contribution in [0.15, 0.2) is 48.5 Å². The van der Waals surface area contributed by atoms with Crippen molar-refractivity contribution in [3.05, 3.63) is 87.5 Å². The molecule has 1 aliphatic rings. The van der Waals surface area contributed by atoms with Crippen LogP contribution in [-0.2, 0) is 10.8 Å². The van der Waals surface area contributed by atoms with Crippen LogP contribution in [0.25, 0.3) is 0 Å². The van der Waals surface area contributed by atoms with Crippen LogP contribution in [0.4, 0.5) is 0 Å². The van der Waals surface area contributed by atoms with Gasteiger partial charge in [0, 0.05) is 10.8 Å². The lowest BCUT2D eigenvalue weighted by Crippen LogP contribution is -2.39. The van der Waals surface area contributed by atoms with Crippen molar-refractivity contribution in [3.8, 4) is 17.2 Å². The van der Waals surface area contributed by atoms with Crippen LogP contribution in [-0.4, -0.2) is 15.3 Å². The molecule has 0 spiro atoms. The smallest absolute Gasteiger partial charge is 0.118 e. The molecule has 3 aromatic carbocycles. The second-order valence-corrected chi connectivity index (χ2v) is 9.35. The summed E-state index contributed by atoms with van der Waals surface area (Å²) in [5.41, 5.74) is 6.74. The summed E-state index contributed by atoms with van der Waals surface area (Å²) in [4.78, 5) is 0. The number of aromatic hydroxyl groups is 3. The number of hydrogen-bond acceptors (Lipinski definition) is 3. The van der Waals surface area contributed by atoms with Crippen LogP contribution in [0.2, 0.25) is 0 Å². The summed E-state index contributed by atoms with van der Waals surface area (Å²) in [5, 5.41) is 30.7. The van der Waals surface area contributed by atoms with Gasteiger partial charge in [0.25, 0.3) is 0 Å². The topological polar surface area (TPSA) is 60.7 Å². The lowest BCUT2D eigenvalue weighted by atomic mass is 9.57. The second kappa shape index (κ2) is 6.80. The highest BCUT2D eigenvalue weighted by Gasteiger charge is 2.44. The van der Waals surface area contributed by atoms with Gasteiger partial charge in [0.05, 0.1) is 0 Å². The molecule has 0 saturated heterocycles. The predicted molar refractivity (Wildman–Crippen MR) is 121 cm³/mol. The number of phenolic OH excluding ortho intramolecular Hbond substituents is 3. The van der Waals surface area contributed by atoms with Crippen LogP contribution >= 0.6 is 0 Å². The van der Waals surface area contributed by atoms with Crippen LogP contribution in [0, 0.1) is 20.8 Å². The highest BCUT2D eigenvalue weighted by Crippen LogP contribution is 2.53. The summed E-state index contributed by atoms with van der Waals surface area (Å²) in [5.74, 6) is 0.917. The van der Waals surface area contributed by atoms with E-state index in [9.17, 15) is 15.3 Å². The van der Waals surface area contributed by atoms with E-state index in [1.165, 1.54) is 11.1 Å². The van der Waals surface area contributed by atoms with Gasteiger partial charge < -0.3 is 15.3 Å². The molecule has 0 fully saturated rings. The van der Waals surface area contributed by atoms with Gasteiger partial charge in [0.1, 0.15) is 17.2 Å². The molecule has 0 saturated carbocycles. The quantitative estimate of drug-likeness (QED) is 0.483. The van der Waals surface area contributed by atoms with Crippen molar-refractivity contribution < 1.29 is 15.3 Å². The van der Waals surface area contributed by atoms with Crippen molar-refractivity contribution in [1.82, 2.24) is 0 Å². The highest BCUT2D eigenvalue weighted by molar-refractivity contribution is 5.58. The Morgan fingerprint density at radius 1 is 0.567 bits per heavy atom. The molecule has 0 heterocycles. The summed E-state index contributed by atoms with van der Waals surface area (Å²) >= 11 is 0. The van der Waals surface area contributed by atoms with Gasteiger partial charge in [-0.15, -0.1) is 0 Å². The predicted octanol–water partition coefficient (Wildman–Crippen LogP) is 6.13. The SMILES string of the molecule is Cc1cc([C@]2(C)CC[C@](C)(c3ccc(O)c(C)c3)c3cc(O)c(C)cc32)ccc1O. The zero-order valence-electron chi connectivity index (χ0n) is 18.4. The van der Waals surface area contributed by atoms with Gasteiger partial charge in [-0.3, -0.25) is 0 Å². The second-order valence-electron chi connectivity index (χ2n) is 9.35. The fourth-order valence-electron chi connectivity index (χ4n) is 4.98. The number of hydrogen-bond donors (Lipinski definition) is 3. The third kappa shape index (κ3) is 2.96. The Kier molecular flexibility index (Phi) is 4.61. The van der Waals surface area contributed by atoms with Gasteiger partial charge in [-0.25, -0.2) is 0 Å². The maximum atomic E-state index is 10.6. The lowest BCUT2D eigenvalue weighted by molar-refractivity contribution is 0.364. The maximum absolute atomic E-state index is 10.6. The molecule has 0 bridgehead atoms. The van der Waals surface area contributed by atoms with Crippen LogP contribution in [0.3, 0.4) is 0 Å². The average molecular weight is 403 g/mol. The first-order chi connectivity index (χ1) is 14.1. The molecule has 4 rings (SSSR count). The normalized spacial score (nSPS) is 23.2. The molecular weight excluding hydrogens is 372 g/mol. The van der Waals surface area contributed by atoms with Crippen molar-refractivity contribution in [2.24, 2.45) is 0 Å². The molecule has 1 aliphatic carbocycles. The highest BCUT2D eigenvalue weighted by atomic mass is 16.3. The zero-order chi connectivity index (χ0) is 21.8. The number of phenols is 3. The summed E-state index contributed by atoms with van der Waals surface area (Å²) in [7, 11) is 0. The van der Waals surface area contributed by atoms with Crippen LogP contribution in [0.1, 0.15) is 65.6 Å². The standard InChI is InChI=1S/C27H30O3/c1-16-12-19(6-8-23(16)28)26(4)10-11-27(5,20-7-9-24(29)17(2)13-20)22-15-25(30)18(3)14-21(22)26/h6-9,12-15,28-30H,10-11H2,1-5H3/t26-,27+/m0/s1. The molecule has 30 heavy (non-hydrogen) atoms. The monoisotopic (exact) mass is 402 g/mol.